The molecule has 5 rings (SSSR count). The second-order valence-electron chi connectivity index (χ2n) is 11.0. The van der Waals surface area contributed by atoms with Crippen LogP contribution in [-0.2, 0) is 4.79 Å². The topological polar surface area (TPSA) is 109 Å². The van der Waals surface area contributed by atoms with Crippen LogP contribution in [0.5, 0.6) is 5.75 Å². The Kier molecular flexibility index (Phi) is 8.43. The Morgan fingerprint density at radius 1 is 1.22 bits per heavy atom. The average molecular weight is 512 g/mol. The van der Waals surface area contributed by atoms with Gasteiger partial charge in [0.1, 0.15) is 11.6 Å². The molecule has 2 N–H and O–H groups in total. The largest absolute Gasteiger partial charge is 0.492 e. The number of anilines is 2. The summed E-state index contributed by atoms with van der Waals surface area (Å²) < 4.78 is 11.4. The van der Waals surface area contributed by atoms with E-state index >= 15 is 0 Å². The van der Waals surface area contributed by atoms with Crippen molar-refractivity contribution in [2.45, 2.75) is 76.8 Å². The molecule has 0 spiro atoms. The molecule has 0 aliphatic carbocycles. The van der Waals surface area contributed by atoms with Crippen molar-refractivity contribution in [3.05, 3.63) is 24.2 Å². The lowest BCUT2D eigenvalue weighted by molar-refractivity contribution is -0.131. The standard InChI is InChI=1S/C27H41N7O3/c1-19(2)25-31-27(37-32-25)34-13-9-20(10-14-34)6-5-15-36-22-7-8-24(29-18-22)30-21-16-23(28-17-21)26(35)33-11-3-4-12-33/h7-8,18-21,23,28H,3-6,9-17H2,1-2H3,(H,29,30). The van der Waals surface area contributed by atoms with Gasteiger partial charge in [-0.1, -0.05) is 19.0 Å². The number of hydrogen-bond acceptors (Lipinski definition) is 9. The molecule has 10 nitrogen and oxygen atoms in total. The zero-order chi connectivity index (χ0) is 25.6. The van der Waals surface area contributed by atoms with E-state index in [0.717, 1.165) is 95.1 Å². The molecule has 3 fully saturated rings. The minimum atomic E-state index is -0.0815. The highest BCUT2D eigenvalue weighted by Gasteiger charge is 2.33. The number of piperidine rings is 1. The van der Waals surface area contributed by atoms with Gasteiger partial charge in [0.05, 0.1) is 18.8 Å². The number of pyridine rings is 1. The normalized spacial score (nSPS) is 22.7. The summed E-state index contributed by atoms with van der Waals surface area (Å²) in [5, 5.41) is 10.9. The molecule has 37 heavy (non-hydrogen) atoms. The zero-order valence-electron chi connectivity index (χ0n) is 22.2. The number of aromatic nitrogens is 3. The van der Waals surface area contributed by atoms with Crippen molar-refractivity contribution in [1.29, 1.82) is 0 Å². The van der Waals surface area contributed by atoms with Gasteiger partial charge in [-0.25, -0.2) is 4.98 Å². The van der Waals surface area contributed by atoms with Crippen molar-refractivity contribution >= 4 is 17.7 Å². The summed E-state index contributed by atoms with van der Waals surface area (Å²) in [6, 6.07) is 4.72. The van der Waals surface area contributed by atoms with E-state index in [9.17, 15) is 4.79 Å². The van der Waals surface area contributed by atoms with Gasteiger partial charge < -0.3 is 29.7 Å². The SMILES string of the molecule is CC(C)c1noc(N2CCC(CCCOc3ccc(NC4CNC(C(=O)N5CCCC5)C4)nc3)CC2)n1. The monoisotopic (exact) mass is 511 g/mol. The van der Waals surface area contributed by atoms with Gasteiger partial charge in [0.15, 0.2) is 5.82 Å². The third-order valence-corrected chi connectivity index (χ3v) is 7.79. The molecular weight excluding hydrogens is 470 g/mol. The van der Waals surface area contributed by atoms with Crippen molar-refractivity contribution in [2.24, 2.45) is 5.92 Å². The van der Waals surface area contributed by atoms with E-state index < -0.39 is 0 Å². The van der Waals surface area contributed by atoms with Gasteiger partial charge >= 0.3 is 6.01 Å². The average Bonchev–Trinajstić information content (AvgIpc) is 3.70. The van der Waals surface area contributed by atoms with Crippen LogP contribution < -0.4 is 20.3 Å². The Bertz CT molecular complexity index is 998. The van der Waals surface area contributed by atoms with E-state index in [0.29, 0.717) is 18.5 Å². The number of nitrogens with zero attached hydrogens (tertiary/aromatic N) is 5. The van der Waals surface area contributed by atoms with E-state index in [-0.39, 0.29) is 23.9 Å². The molecule has 3 aliphatic rings. The molecule has 0 radical (unpaired) electrons. The summed E-state index contributed by atoms with van der Waals surface area (Å²) in [6.45, 7) is 9.36. The van der Waals surface area contributed by atoms with Gasteiger partial charge in [-0.05, 0) is 63.0 Å². The summed E-state index contributed by atoms with van der Waals surface area (Å²) in [6.07, 6.45) is 9.30. The fraction of sp³-hybridized carbons (Fsp3) is 0.704. The molecule has 2 aromatic rings. The quantitative estimate of drug-likeness (QED) is 0.464. The summed E-state index contributed by atoms with van der Waals surface area (Å²) in [4.78, 5) is 25.9. The molecule has 2 atom stereocenters. The van der Waals surface area contributed by atoms with Crippen LogP contribution >= 0.6 is 0 Å². The number of carbonyl (C=O) groups excluding carboxylic acids is 1. The highest BCUT2D eigenvalue weighted by atomic mass is 16.5. The third-order valence-electron chi connectivity index (χ3n) is 7.79. The van der Waals surface area contributed by atoms with Crippen LogP contribution in [0.3, 0.4) is 0 Å². The van der Waals surface area contributed by atoms with E-state index in [1.54, 1.807) is 6.20 Å². The van der Waals surface area contributed by atoms with Crippen molar-refractivity contribution < 1.29 is 14.1 Å². The summed E-state index contributed by atoms with van der Waals surface area (Å²) in [7, 11) is 0. The maximum Gasteiger partial charge on any atom is 0.324 e. The molecule has 2 aromatic heterocycles. The summed E-state index contributed by atoms with van der Waals surface area (Å²) in [5.74, 6) is 3.63. The molecule has 1 amide bonds. The number of likely N-dealkylation sites (tertiary alicyclic amines) is 1. The van der Waals surface area contributed by atoms with Crippen LogP contribution in [0.15, 0.2) is 22.9 Å². The third kappa shape index (κ3) is 6.71. The highest BCUT2D eigenvalue weighted by molar-refractivity contribution is 5.82. The van der Waals surface area contributed by atoms with Crippen molar-refractivity contribution in [1.82, 2.24) is 25.3 Å². The maximum absolute atomic E-state index is 12.6. The van der Waals surface area contributed by atoms with Gasteiger partial charge in [0.25, 0.3) is 0 Å². The Balaban J connectivity index is 0.966. The first-order valence-corrected chi connectivity index (χ1v) is 14.0. The number of rotatable bonds is 10. The number of hydrogen-bond donors (Lipinski definition) is 2. The summed E-state index contributed by atoms with van der Waals surface area (Å²) >= 11 is 0. The Labute approximate surface area is 219 Å². The van der Waals surface area contributed by atoms with Crippen LogP contribution in [0.1, 0.15) is 70.5 Å². The Morgan fingerprint density at radius 2 is 2.03 bits per heavy atom. The molecule has 0 saturated carbocycles. The van der Waals surface area contributed by atoms with Crippen molar-refractivity contribution in [3.63, 3.8) is 0 Å². The molecule has 3 aliphatic heterocycles. The lowest BCUT2D eigenvalue weighted by Gasteiger charge is -2.30. The van der Waals surface area contributed by atoms with E-state index in [4.69, 9.17) is 9.26 Å². The predicted molar refractivity (Wildman–Crippen MR) is 142 cm³/mol. The maximum atomic E-state index is 12.6. The molecule has 3 saturated heterocycles. The second kappa shape index (κ2) is 12.1. The number of carbonyl (C=O) groups is 1. The Hall–Kier alpha value is -2.88. The van der Waals surface area contributed by atoms with Gasteiger partial charge in [0, 0.05) is 44.7 Å². The van der Waals surface area contributed by atoms with Gasteiger partial charge in [-0.15, -0.1) is 0 Å². The van der Waals surface area contributed by atoms with Crippen LogP contribution in [0.2, 0.25) is 0 Å². The molecule has 0 bridgehead atoms. The lowest BCUT2D eigenvalue weighted by Crippen LogP contribution is -2.42. The second-order valence-corrected chi connectivity index (χ2v) is 11.0. The van der Waals surface area contributed by atoms with Gasteiger partial charge in [0.2, 0.25) is 5.91 Å². The first-order valence-electron chi connectivity index (χ1n) is 14.0. The fourth-order valence-corrected chi connectivity index (χ4v) is 5.52. The smallest absolute Gasteiger partial charge is 0.324 e. The molecule has 0 aromatic carbocycles. The number of amides is 1. The zero-order valence-corrected chi connectivity index (χ0v) is 22.2. The van der Waals surface area contributed by atoms with Crippen LogP contribution in [0, 0.1) is 5.92 Å². The molecule has 10 heteroatoms. The highest BCUT2D eigenvalue weighted by Crippen LogP contribution is 2.26. The molecular formula is C27H41N7O3. The molecule has 5 heterocycles. The number of ether oxygens (including phenoxy) is 1. The summed E-state index contributed by atoms with van der Waals surface area (Å²) in [5.41, 5.74) is 0. The van der Waals surface area contributed by atoms with Gasteiger partial charge in [-0.3, -0.25) is 4.79 Å². The van der Waals surface area contributed by atoms with Gasteiger partial charge in [-0.2, -0.15) is 4.98 Å². The van der Waals surface area contributed by atoms with Crippen molar-refractivity contribution in [3.8, 4) is 5.75 Å². The van der Waals surface area contributed by atoms with E-state index in [2.05, 4.69) is 44.5 Å². The molecule has 202 valence electrons. The van der Waals surface area contributed by atoms with Crippen LogP contribution in [0.4, 0.5) is 11.8 Å². The molecule has 2 unspecified atom stereocenters. The minimum absolute atomic E-state index is 0.0815. The van der Waals surface area contributed by atoms with Crippen molar-refractivity contribution in [2.75, 3.05) is 49.5 Å². The van der Waals surface area contributed by atoms with Crippen LogP contribution in [0.25, 0.3) is 0 Å². The van der Waals surface area contributed by atoms with Crippen LogP contribution in [-0.4, -0.2) is 77.3 Å². The Morgan fingerprint density at radius 3 is 2.73 bits per heavy atom. The predicted octanol–water partition coefficient (Wildman–Crippen LogP) is 3.43. The first kappa shape index (κ1) is 25.8. The fourth-order valence-electron chi connectivity index (χ4n) is 5.52. The minimum Gasteiger partial charge on any atom is -0.492 e. The van der Waals surface area contributed by atoms with E-state index in [1.165, 1.54) is 0 Å². The number of nitrogens with one attached hydrogen (secondary N) is 2. The van der Waals surface area contributed by atoms with E-state index in [1.807, 2.05) is 17.0 Å². The first-order chi connectivity index (χ1) is 18.0. The lowest BCUT2D eigenvalue weighted by atomic mass is 9.92.